The molecule has 2 rings (SSSR count). The van der Waals surface area contributed by atoms with Crippen LogP contribution in [0.1, 0.15) is 16.1 Å². The molecule has 1 amide bonds. The molecule has 2 N–H and O–H groups in total. The fourth-order valence-corrected chi connectivity index (χ4v) is 1.72. The molecule has 2 aromatic rings. The second-order valence-electron chi connectivity index (χ2n) is 4.22. The number of nitrogens with one attached hydrogen (secondary N) is 1. The average molecular weight is 299 g/mol. The molecule has 0 bridgehead atoms. The second-order valence-corrected chi connectivity index (χ2v) is 4.22. The highest BCUT2D eigenvalue weighted by atomic mass is 19.4. The van der Waals surface area contributed by atoms with E-state index in [2.05, 4.69) is 5.32 Å². The second kappa shape index (κ2) is 6.01. The lowest BCUT2D eigenvalue weighted by atomic mass is 10.1. The van der Waals surface area contributed by atoms with Crippen LogP contribution in [-0.4, -0.2) is 24.2 Å². The van der Waals surface area contributed by atoms with Crippen molar-refractivity contribution in [2.24, 2.45) is 0 Å². The molecule has 0 atom stereocenters. The van der Waals surface area contributed by atoms with Gasteiger partial charge in [-0.2, -0.15) is 13.2 Å². The van der Waals surface area contributed by atoms with Crippen molar-refractivity contribution in [3.63, 3.8) is 0 Å². The number of benzene rings is 1. The van der Waals surface area contributed by atoms with Gasteiger partial charge in [0, 0.05) is 12.1 Å². The highest BCUT2D eigenvalue weighted by molar-refractivity contribution is 5.92. The fourth-order valence-electron chi connectivity index (χ4n) is 1.72. The topological polar surface area (TPSA) is 62.5 Å². The molecule has 0 aliphatic carbocycles. The summed E-state index contributed by atoms with van der Waals surface area (Å²) in [5, 5.41) is 11.0. The van der Waals surface area contributed by atoms with Crippen LogP contribution in [0.3, 0.4) is 0 Å². The van der Waals surface area contributed by atoms with Gasteiger partial charge in [0.15, 0.2) is 5.76 Å². The molecule has 0 unspecified atom stereocenters. The number of alkyl halides is 3. The number of aliphatic hydroxyl groups excluding tert-OH is 1. The summed E-state index contributed by atoms with van der Waals surface area (Å²) in [5.41, 5.74) is -0.561. The Kier molecular flexibility index (Phi) is 4.32. The maximum atomic E-state index is 12.6. The Morgan fingerprint density at radius 2 is 2.00 bits per heavy atom. The van der Waals surface area contributed by atoms with E-state index in [1.165, 1.54) is 24.3 Å². The van der Waals surface area contributed by atoms with Gasteiger partial charge in [-0.25, -0.2) is 0 Å². The highest BCUT2D eigenvalue weighted by Gasteiger charge is 2.30. The van der Waals surface area contributed by atoms with Crippen LogP contribution >= 0.6 is 0 Å². The Morgan fingerprint density at radius 3 is 2.67 bits per heavy atom. The van der Waals surface area contributed by atoms with Crippen LogP contribution in [0.5, 0.6) is 0 Å². The standard InChI is InChI=1S/C14H12F3NO3/c15-14(16,17)10-3-1-2-9(8-10)11-4-5-12(21-11)13(20)18-6-7-19/h1-5,8,19H,6-7H2,(H,18,20). The molecular weight excluding hydrogens is 287 g/mol. The smallest absolute Gasteiger partial charge is 0.416 e. The summed E-state index contributed by atoms with van der Waals surface area (Å²) in [7, 11) is 0. The zero-order chi connectivity index (χ0) is 15.5. The van der Waals surface area contributed by atoms with Gasteiger partial charge in [-0.05, 0) is 24.3 Å². The molecule has 0 saturated carbocycles. The van der Waals surface area contributed by atoms with Gasteiger partial charge in [0.05, 0.1) is 12.2 Å². The third kappa shape index (κ3) is 3.63. The van der Waals surface area contributed by atoms with E-state index in [1.54, 1.807) is 0 Å². The van der Waals surface area contributed by atoms with Crippen LogP contribution in [0.25, 0.3) is 11.3 Å². The molecule has 1 aromatic carbocycles. The molecule has 21 heavy (non-hydrogen) atoms. The van der Waals surface area contributed by atoms with Crippen LogP contribution in [0.4, 0.5) is 13.2 Å². The largest absolute Gasteiger partial charge is 0.451 e. The molecule has 4 nitrogen and oxygen atoms in total. The number of carbonyl (C=O) groups excluding carboxylic acids is 1. The Morgan fingerprint density at radius 1 is 1.24 bits per heavy atom. The van der Waals surface area contributed by atoms with Gasteiger partial charge in [-0.1, -0.05) is 12.1 Å². The van der Waals surface area contributed by atoms with Crippen molar-refractivity contribution in [1.82, 2.24) is 5.32 Å². The van der Waals surface area contributed by atoms with Gasteiger partial charge in [0.1, 0.15) is 5.76 Å². The molecule has 0 radical (unpaired) electrons. The first-order chi connectivity index (χ1) is 9.91. The third-order valence-corrected chi connectivity index (χ3v) is 2.70. The summed E-state index contributed by atoms with van der Waals surface area (Å²) in [6, 6.07) is 7.43. The number of aliphatic hydroxyl groups is 1. The van der Waals surface area contributed by atoms with Crippen molar-refractivity contribution >= 4 is 5.91 Å². The van der Waals surface area contributed by atoms with E-state index in [-0.39, 0.29) is 30.2 Å². The predicted octanol–water partition coefficient (Wildman–Crippen LogP) is 2.69. The van der Waals surface area contributed by atoms with Gasteiger partial charge in [0.25, 0.3) is 5.91 Å². The van der Waals surface area contributed by atoms with Gasteiger partial charge >= 0.3 is 6.18 Å². The molecule has 1 aromatic heterocycles. The average Bonchev–Trinajstić information content (AvgIpc) is 2.94. The van der Waals surface area contributed by atoms with E-state index in [9.17, 15) is 18.0 Å². The molecule has 0 spiro atoms. The summed E-state index contributed by atoms with van der Waals surface area (Å²) in [6.07, 6.45) is -4.44. The maximum Gasteiger partial charge on any atom is 0.416 e. The van der Waals surface area contributed by atoms with E-state index in [0.717, 1.165) is 12.1 Å². The van der Waals surface area contributed by atoms with E-state index >= 15 is 0 Å². The summed E-state index contributed by atoms with van der Waals surface area (Å²) >= 11 is 0. The number of hydrogen-bond acceptors (Lipinski definition) is 3. The number of furan rings is 1. The van der Waals surface area contributed by atoms with Crippen molar-refractivity contribution in [3.05, 3.63) is 47.7 Å². The Hall–Kier alpha value is -2.28. The molecular formula is C14H12F3NO3. The minimum absolute atomic E-state index is 0.0316. The number of carbonyl (C=O) groups is 1. The molecule has 7 heteroatoms. The first-order valence-electron chi connectivity index (χ1n) is 6.08. The van der Waals surface area contributed by atoms with Crippen molar-refractivity contribution in [3.8, 4) is 11.3 Å². The number of amides is 1. The fraction of sp³-hybridized carbons (Fsp3) is 0.214. The van der Waals surface area contributed by atoms with Crippen LogP contribution in [0.15, 0.2) is 40.8 Å². The molecule has 112 valence electrons. The summed E-state index contributed by atoms with van der Waals surface area (Å²) in [6.45, 7) is -0.147. The summed E-state index contributed by atoms with van der Waals surface area (Å²) < 4.78 is 43.1. The number of hydrogen-bond donors (Lipinski definition) is 2. The normalized spacial score (nSPS) is 11.4. The van der Waals surface area contributed by atoms with E-state index in [4.69, 9.17) is 9.52 Å². The first kappa shape index (κ1) is 15.1. The molecule has 0 saturated heterocycles. The van der Waals surface area contributed by atoms with E-state index in [1.807, 2.05) is 0 Å². The lowest BCUT2D eigenvalue weighted by molar-refractivity contribution is -0.137. The lowest BCUT2D eigenvalue weighted by Crippen LogP contribution is -2.25. The number of rotatable bonds is 4. The molecule has 0 aliphatic rings. The lowest BCUT2D eigenvalue weighted by Gasteiger charge is -2.07. The Labute approximate surface area is 118 Å². The Balaban J connectivity index is 2.24. The van der Waals surface area contributed by atoms with Crippen molar-refractivity contribution < 1.29 is 27.5 Å². The SMILES string of the molecule is O=C(NCCO)c1ccc(-c2cccc(C(F)(F)F)c2)o1. The highest BCUT2D eigenvalue weighted by Crippen LogP contribution is 2.32. The minimum Gasteiger partial charge on any atom is -0.451 e. The van der Waals surface area contributed by atoms with Crippen molar-refractivity contribution in [2.45, 2.75) is 6.18 Å². The zero-order valence-electron chi connectivity index (χ0n) is 10.8. The van der Waals surface area contributed by atoms with Gasteiger partial charge in [-0.3, -0.25) is 4.79 Å². The zero-order valence-corrected chi connectivity index (χ0v) is 10.8. The maximum absolute atomic E-state index is 12.6. The van der Waals surface area contributed by atoms with Crippen molar-refractivity contribution in [2.75, 3.05) is 13.2 Å². The Bertz CT molecular complexity index is 634. The molecule has 1 heterocycles. The van der Waals surface area contributed by atoms with Crippen LogP contribution in [0, 0.1) is 0 Å². The van der Waals surface area contributed by atoms with E-state index < -0.39 is 17.6 Å². The predicted molar refractivity (Wildman–Crippen MR) is 68.6 cm³/mol. The van der Waals surface area contributed by atoms with E-state index in [0.29, 0.717) is 0 Å². The van der Waals surface area contributed by atoms with Crippen molar-refractivity contribution in [1.29, 1.82) is 0 Å². The molecule has 0 fully saturated rings. The first-order valence-corrected chi connectivity index (χ1v) is 6.08. The van der Waals surface area contributed by atoms with Crippen LogP contribution < -0.4 is 5.32 Å². The third-order valence-electron chi connectivity index (χ3n) is 2.70. The minimum atomic E-state index is -4.44. The number of halogens is 3. The monoisotopic (exact) mass is 299 g/mol. The quantitative estimate of drug-likeness (QED) is 0.912. The van der Waals surface area contributed by atoms with Crippen LogP contribution in [-0.2, 0) is 6.18 Å². The summed E-state index contributed by atoms with van der Waals surface area (Å²) in [4.78, 5) is 11.6. The van der Waals surface area contributed by atoms with Crippen LogP contribution in [0.2, 0.25) is 0 Å². The van der Waals surface area contributed by atoms with Gasteiger partial charge < -0.3 is 14.8 Å². The summed E-state index contributed by atoms with van der Waals surface area (Å²) in [5.74, 6) is -0.409. The van der Waals surface area contributed by atoms with Gasteiger partial charge in [-0.15, -0.1) is 0 Å². The van der Waals surface area contributed by atoms with Gasteiger partial charge in [0.2, 0.25) is 0 Å². The molecule has 0 aliphatic heterocycles.